The van der Waals surface area contributed by atoms with Gasteiger partial charge in [-0.1, -0.05) is 0 Å². The molecule has 2 heterocycles. The van der Waals surface area contributed by atoms with Crippen LogP contribution in [0.25, 0.3) is 0 Å². The molecular weight excluding hydrogens is 166 g/mol. The van der Waals surface area contributed by atoms with Crippen molar-refractivity contribution >= 4 is 11.8 Å². The molecule has 2 aromatic rings. The first-order chi connectivity index (χ1) is 6.27. The van der Waals surface area contributed by atoms with Crippen LogP contribution in [0.5, 0.6) is 0 Å². The van der Waals surface area contributed by atoms with Crippen molar-refractivity contribution in [1.82, 2.24) is 19.3 Å². The van der Waals surface area contributed by atoms with Gasteiger partial charge in [0.1, 0.15) is 5.82 Å². The SMILES string of the molecule is Cn1ccnc1Nc1ccnn1C. The van der Waals surface area contributed by atoms with E-state index < -0.39 is 0 Å². The highest BCUT2D eigenvalue weighted by Gasteiger charge is 2.01. The van der Waals surface area contributed by atoms with Gasteiger partial charge in [-0.2, -0.15) is 5.10 Å². The number of hydrogen-bond acceptors (Lipinski definition) is 3. The van der Waals surface area contributed by atoms with Gasteiger partial charge in [0.15, 0.2) is 0 Å². The summed E-state index contributed by atoms with van der Waals surface area (Å²) >= 11 is 0. The lowest BCUT2D eigenvalue weighted by molar-refractivity contribution is 0.773. The third kappa shape index (κ3) is 1.40. The molecule has 13 heavy (non-hydrogen) atoms. The van der Waals surface area contributed by atoms with Crippen LogP contribution in [-0.2, 0) is 14.1 Å². The van der Waals surface area contributed by atoms with Gasteiger partial charge in [0.25, 0.3) is 0 Å². The molecule has 0 aliphatic rings. The Morgan fingerprint density at radius 2 is 2.15 bits per heavy atom. The number of nitrogens with zero attached hydrogens (tertiary/aromatic N) is 4. The predicted octanol–water partition coefficient (Wildman–Crippen LogP) is 0.897. The molecule has 1 N–H and O–H groups in total. The largest absolute Gasteiger partial charge is 0.320 e. The number of rotatable bonds is 2. The summed E-state index contributed by atoms with van der Waals surface area (Å²) in [6, 6.07) is 1.90. The topological polar surface area (TPSA) is 47.7 Å². The molecule has 0 atom stereocenters. The average molecular weight is 177 g/mol. The van der Waals surface area contributed by atoms with Gasteiger partial charge in [-0.3, -0.25) is 4.68 Å². The summed E-state index contributed by atoms with van der Waals surface area (Å²) in [5.74, 6) is 1.73. The summed E-state index contributed by atoms with van der Waals surface area (Å²) in [7, 11) is 3.82. The maximum Gasteiger partial charge on any atom is 0.208 e. The molecule has 0 unspecified atom stereocenters. The Morgan fingerprint density at radius 3 is 2.69 bits per heavy atom. The van der Waals surface area contributed by atoms with E-state index in [1.807, 2.05) is 30.9 Å². The van der Waals surface area contributed by atoms with Gasteiger partial charge in [-0.15, -0.1) is 0 Å². The van der Waals surface area contributed by atoms with Crippen molar-refractivity contribution in [3.05, 3.63) is 24.7 Å². The second-order valence-corrected chi connectivity index (χ2v) is 2.83. The quantitative estimate of drug-likeness (QED) is 0.741. The van der Waals surface area contributed by atoms with Crippen LogP contribution in [0.15, 0.2) is 24.7 Å². The summed E-state index contributed by atoms with van der Waals surface area (Å²) in [5, 5.41) is 7.20. The zero-order valence-corrected chi connectivity index (χ0v) is 7.60. The Kier molecular flexibility index (Phi) is 1.77. The lowest BCUT2D eigenvalue weighted by Gasteiger charge is -2.04. The Hall–Kier alpha value is -1.78. The summed E-state index contributed by atoms with van der Waals surface area (Å²) in [5.41, 5.74) is 0. The van der Waals surface area contributed by atoms with E-state index in [9.17, 15) is 0 Å². The fourth-order valence-corrected chi connectivity index (χ4v) is 1.10. The third-order valence-electron chi connectivity index (χ3n) is 1.88. The van der Waals surface area contributed by atoms with Gasteiger partial charge in [-0.25, -0.2) is 4.98 Å². The minimum Gasteiger partial charge on any atom is -0.320 e. The van der Waals surface area contributed by atoms with Crippen LogP contribution < -0.4 is 5.32 Å². The molecule has 0 bridgehead atoms. The molecule has 0 saturated heterocycles. The second kappa shape index (κ2) is 2.93. The Bertz CT molecular complexity index is 362. The molecule has 0 amide bonds. The molecule has 0 spiro atoms. The number of hydrogen-bond donors (Lipinski definition) is 1. The summed E-state index contributed by atoms with van der Waals surface area (Å²) < 4.78 is 3.67. The van der Waals surface area contributed by atoms with Crippen molar-refractivity contribution < 1.29 is 0 Å². The van der Waals surface area contributed by atoms with Crippen molar-refractivity contribution in [2.24, 2.45) is 14.1 Å². The zero-order valence-electron chi connectivity index (χ0n) is 7.60. The van der Waals surface area contributed by atoms with Gasteiger partial charge >= 0.3 is 0 Å². The minimum atomic E-state index is 0.809. The summed E-state index contributed by atoms with van der Waals surface area (Å²) in [6.45, 7) is 0. The third-order valence-corrected chi connectivity index (χ3v) is 1.88. The Morgan fingerprint density at radius 1 is 1.31 bits per heavy atom. The zero-order chi connectivity index (χ0) is 9.26. The number of nitrogens with one attached hydrogen (secondary N) is 1. The average Bonchev–Trinajstić information content (AvgIpc) is 2.65. The van der Waals surface area contributed by atoms with Crippen molar-refractivity contribution in [1.29, 1.82) is 0 Å². The molecule has 2 rings (SSSR count). The lowest BCUT2D eigenvalue weighted by atomic mass is 10.6. The van der Waals surface area contributed by atoms with Crippen molar-refractivity contribution in [3.63, 3.8) is 0 Å². The first-order valence-electron chi connectivity index (χ1n) is 4.00. The molecule has 0 radical (unpaired) electrons. The summed E-state index contributed by atoms with van der Waals surface area (Å²) in [6.07, 6.45) is 5.38. The number of aryl methyl sites for hydroxylation is 2. The van der Waals surface area contributed by atoms with Crippen LogP contribution >= 0.6 is 0 Å². The van der Waals surface area contributed by atoms with E-state index in [2.05, 4.69) is 15.4 Å². The highest BCUT2D eigenvalue weighted by atomic mass is 15.3. The van der Waals surface area contributed by atoms with Crippen molar-refractivity contribution in [2.75, 3.05) is 5.32 Å². The van der Waals surface area contributed by atoms with Crippen LogP contribution in [0, 0.1) is 0 Å². The predicted molar refractivity (Wildman–Crippen MR) is 49.7 cm³/mol. The first-order valence-corrected chi connectivity index (χ1v) is 4.00. The van der Waals surface area contributed by atoms with E-state index in [-0.39, 0.29) is 0 Å². The van der Waals surface area contributed by atoms with Crippen LogP contribution in [0.2, 0.25) is 0 Å². The molecule has 0 aliphatic carbocycles. The molecule has 68 valence electrons. The normalized spacial score (nSPS) is 10.3. The molecule has 0 aliphatic heterocycles. The standard InChI is InChI=1S/C8H11N5/c1-12-6-5-9-8(12)11-7-3-4-10-13(7)2/h3-6H,1-2H3,(H,9,11). The van der Waals surface area contributed by atoms with E-state index >= 15 is 0 Å². The maximum atomic E-state index is 4.14. The van der Waals surface area contributed by atoms with Gasteiger partial charge in [0.2, 0.25) is 5.95 Å². The van der Waals surface area contributed by atoms with Crippen LogP contribution in [0.1, 0.15) is 0 Å². The minimum absolute atomic E-state index is 0.809. The van der Waals surface area contributed by atoms with Crippen LogP contribution in [-0.4, -0.2) is 19.3 Å². The number of aromatic nitrogens is 4. The molecule has 0 aromatic carbocycles. The highest BCUT2D eigenvalue weighted by Crippen LogP contribution is 2.11. The Labute approximate surface area is 76.0 Å². The van der Waals surface area contributed by atoms with Gasteiger partial charge in [-0.05, 0) is 0 Å². The maximum absolute atomic E-state index is 4.14. The molecule has 5 nitrogen and oxygen atoms in total. The molecular formula is C8H11N5. The van der Waals surface area contributed by atoms with Crippen LogP contribution in [0.3, 0.4) is 0 Å². The highest BCUT2D eigenvalue weighted by molar-refractivity contribution is 5.47. The lowest BCUT2D eigenvalue weighted by Crippen LogP contribution is -2.03. The number of anilines is 2. The van der Waals surface area contributed by atoms with E-state index in [1.54, 1.807) is 17.1 Å². The van der Waals surface area contributed by atoms with E-state index in [4.69, 9.17) is 0 Å². The molecule has 0 saturated carbocycles. The number of imidazole rings is 1. The van der Waals surface area contributed by atoms with E-state index in [0.717, 1.165) is 11.8 Å². The molecule has 0 fully saturated rings. The monoisotopic (exact) mass is 177 g/mol. The fourth-order valence-electron chi connectivity index (χ4n) is 1.10. The van der Waals surface area contributed by atoms with Gasteiger partial charge in [0, 0.05) is 32.6 Å². The first kappa shape index (κ1) is 7.85. The van der Waals surface area contributed by atoms with Crippen molar-refractivity contribution in [2.45, 2.75) is 0 Å². The van der Waals surface area contributed by atoms with Gasteiger partial charge in [0.05, 0.1) is 6.20 Å². The van der Waals surface area contributed by atoms with E-state index in [1.165, 1.54) is 0 Å². The second-order valence-electron chi connectivity index (χ2n) is 2.83. The van der Waals surface area contributed by atoms with E-state index in [0.29, 0.717) is 0 Å². The van der Waals surface area contributed by atoms with Gasteiger partial charge < -0.3 is 9.88 Å². The van der Waals surface area contributed by atoms with Crippen LogP contribution in [0.4, 0.5) is 11.8 Å². The van der Waals surface area contributed by atoms with Crippen molar-refractivity contribution in [3.8, 4) is 0 Å². The summed E-state index contributed by atoms with van der Waals surface area (Å²) in [4.78, 5) is 4.14. The smallest absolute Gasteiger partial charge is 0.208 e. The molecule has 2 aromatic heterocycles. The fraction of sp³-hybridized carbons (Fsp3) is 0.250. The Balaban J connectivity index is 2.24. The molecule has 5 heteroatoms.